The van der Waals surface area contributed by atoms with Crippen molar-refractivity contribution in [1.29, 1.82) is 0 Å². The molecular formula is C23H25N3O2. The molecule has 0 bridgehead atoms. The van der Waals surface area contributed by atoms with Crippen LogP contribution in [0.15, 0.2) is 72.9 Å². The molecule has 0 unspecified atom stereocenters. The lowest BCUT2D eigenvalue weighted by Crippen LogP contribution is -2.26. The zero-order chi connectivity index (χ0) is 19.8. The van der Waals surface area contributed by atoms with Crippen LogP contribution in [0, 0.1) is 0 Å². The Morgan fingerprint density at radius 3 is 2.39 bits per heavy atom. The Morgan fingerprint density at radius 1 is 1.00 bits per heavy atom. The van der Waals surface area contributed by atoms with E-state index in [1.165, 1.54) is 5.56 Å². The number of ether oxygens (including phenoxy) is 1. The first kappa shape index (κ1) is 19.4. The molecule has 1 amide bonds. The number of nitrogens with one attached hydrogen (secondary N) is 1. The molecule has 0 aliphatic carbocycles. The number of carbonyl (C=O) groups is 1. The van der Waals surface area contributed by atoms with E-state index in [0.29, 0.717) is 12.2 Å². The maximum atomic E-state index is 12.3. The molecular weight excluding hydrogens is 350 g/mol. The highest BCUT2D eigenvalue weighted by Crippen LogP contribution is 2.15. The van der Waals surface area contributed by atoms with Gasteiger partial charge in [0.05, 0.1) is 19.0 Å². The summed E-state index contributed by atoms with van der Waals surface area (Å²) in [5.41, 5.74) is 3.77. The lowest BCUT2D eigenvalue weighted by atomic mass is 10.1. The summed E-state index contributed by atoms with van der Waals surface area (Å²) in [5.74, 6) is 0.667. The fraction of sp³-hybridized carbons (Fsp3) is 0.217. The number of rotatable bonds is 8. The van der Waals surface area contributed by atoms with Gasteiger partial charge < -0.3 is 15.0 Å². The number of methoxy groups -OCH3 is 1. The van der Waals surface area contributed by atoms with Gasteiger partial charge in [0.25, 0.3) is 5.91 Å². The van der Waals surface area contributed by atoms with Crippen LogP contribution in [0.1, 0.15) is 21.6 Å². The zero-order valence-corrected chi connectivity index (χ0v) is 16.3. The number of anilines is 1. The van der Waals surface area contributed by atoms with Gasteiger partial charge in [-0.05, 0) is 41.8 Å². The third-order valence-electron chi connectivity index (χ3n) is 4.54. The summed E-state index contributed by atoms with van der Waals surface area (Å²) in [4.78, 5) is 18.7. The first-order chi connectivity index (χ1) is 13.7. The first-order valence-electron chi connectivity index (χ1n) is 9.28. The summed E-state index contributed by atoms with van der Waals surface area (Å²) in [6.45, 7) is 1.35. The molecule has 1 N–H and O–H groups in total. The highest BCUT2D eigenvalue weighted by molar-refractivity contribution is 5.92. The van der Waals surface area contributed by atoms with E-state index in [2.05, 4.69) is 27.3 Å². The maximum absolute atomic E-state index is 12.3. The molecule has 0 radical (unpaired) electrons. The van der Waals surface area contributed by atoms with Gasteiger partial charge in [-0.2, -0.15) is 0 Å². The Balaban J connectivity index is 1.50. The molecule has 1 aromatic heterocycles. The first-order valence-corrected chi connectivity index (χ1v) is 9.28. The van der Waals surface area contributed by atoms with Crippen molar-refractivity contribution >= 4 is 11.6 Å². The Morgan fingerprint density at radius 2 is 1.75 bits per heavy atom. The number of aromatic nitrogens is 1. The van der Waals surface area contributed by atoms with Crippen LogP contribution in [0.5, 0.6) is 5.75 Å². The molecule has 3 rings (SSSR count). The molecule has 2 aromatic carbocycles. The Bertz CT molecular complexity index is 878. The standard InChI is InChI=1S/C23H25N3O2/c1-26(17-19-6-4-3-5-7-19)20-10-13-22(25-16-20)23(27)24-15-14-18-8-11-21(28-2)12-9-18/h3-13,16H,14-15,17H2,1-2H3,(H,24,27). The smallest absolute Gasteiger partial charge is 0.269 e. The van der Waals surface area contributed by atoms with Gasteiger partial charge in [-0.25, -0.2) is 4.98 Å². The van der Waals surface area contributed by atoms with Crippen LogP contribution in [0.4, 0.5) is 5.69 Å². The lowest BCUT2D eigenvalue weighted by molar-refractivity contribution is 0.0949. The van der Waals surface area contributed by atoms with E-state index in [-0.39, 0.29) is 5.91 Å². The second-order valence-electron chi connectivity index (χ2n) is 6.60. The molecule has 0 saturated carbocycles. The Hall–Kier alpha value is -3.34. The molecule has 1 heterocycles. The quantitative estimate of drug-likeness (QED) is 0.652. The van der Waals surface area contributed by atoms with Crippen molar-refractivity contribution in [2.45, 2.75) is 13.0 Å². The van der Waals surface area contributed by atoms with E-state index >= 15 is 0 Å². The number of amides is 1. The molecule has 3 aromatic rings. The molecule has 0 fully saturated rings. The van der Waals surface area contributed by atoms with Crippen molar-refractivity contribution in [3.05, 3.63) is 89.7 Å². The van der Waals surface area contributed by atoms with Gasteiger partial charge in [-0.15, -0.1) is 0 Å². The Kier molecular flexibility index (Phi) is 6.63. The number of carbonyl (C=O) groups excluding carboxylic acids is 1. The number of nitrogens with zero attached hydrogens (tertiary/aromatic N) is 2. The number of pyridine rings is 1. The van der Waals surface area contributed by atoms with Crippen molar-refractivity contribution in [1.82, 2.24) is 10.3 Å². The van der Waals surface area contributed by atoms with E-state index in [1.54, 1.807) is 19.4 Å². The third-order valence-corrected chi connectivity index (χ3v) is 4.54. The van der Waals surface area contributed by atoms with Crippen molar-refractivity contribution in [2.75, 3.05) is 25.6 Å². The topological polar surface area (TPSA) is 54.5 Å². The summed E-state index contributed by atoms with van der Waals surface area (Å²) in [7, 11) is 3.66. The molecule has 0 aliphatic rings. The predicted molar refractivity (Wildman–Crippen MR) is 112 cm³/mol. The second kappa shape index (κ2) is 9.55. The lowest BCUT2D eigenvalue weighted by Gasteiger charge is -2.19. The summed E-state index contributed by atoms with van der Waals surface area (Å²) >= 11 is 0. The maximum Gasteiger partial charge on any atom is 0.269 e. The minimum absolute atomic E-state index is 0.161. The van der Waals surface area contributed by atoms with Crippen molar-refractivity contribution < 1.29 is 9.53 Å². The average Bonchev–Trinajstić information content (AvgIpc) is 2.75. The fourth-order valence-corrected chi connectivity index (χ4v) is 2.90. The Labute approximate surface area is 166 Å². The third kappa shape index (κ3) is 5.33. The molecule has 28 heavy (non-hydrogen) atoms. The van der Waals surface area contributed by atoms with E-state index in [4.69, 9.17) is 4.74 Å². The van der Waals surface area contributed by atoms with Crippen LogP contribution >= 0.6 is 0 Å². The van der Waals surface area contributed by atoms with Crippen molar-refractivity contribution in [3.8, 4) is 5.75 Å². The van der Waals surface area contributed by atoms with Gasteiger partial charge in [-0.3, -0.25) is 4.79 Å². The summed E-state index contributed by atoms with van der Waals surface area (Å²) in [6, 6.07) is 21.8. The molecule has 5 heteroatoms. The van der Waals surface area contributed by atoms with E-state index < -0.39 is 0 Å². The number of benzene rings is 2. The van der Waals surface area contributed by atoms with Crippen LogP contribution in [-0.4, -0.2) is 31.6 Å². The van der Waals surface area contributed by atoms with Gasteiger partial charge in [0.1, 0.15) is 11.4 Å². The average molecular weight is 375 g/mol. The monoisotopic (exact) mass is 375 g/mol. The van der Waals surface area contributed by atoms with Crippen LogP contribution in [-0.2, 0) is 13.0 Å². The highest BCUT2D eigenvalue weighted by Gasteiger charge is 2.08. The van der Waals surface area contributed by atoms with Crippen LogP contribution < -0.4 is 15.0 Å². The molecule has 144 valence electrons. The fourth-order valence-electron chi connectivity index (χ4n) is 2.90. The molecule has 0 spiro atoms. The summed E-state index contributed by atoms with van der Waals surface area (Å²) in [6.07, 6.45) is 2.49. The predicted octanol–water partition coefficient (Wildman–Crippen LogP) is 3.70. The summed E-state index contributed by atoms with van der Waals surface area (Å²) < 4.78 is 5.15. The van der Waals surface area contributed by atoms with Crippen LogP contribution in [0.25, 0.3) is 0 Å². The largest absolute Gasteiger partial charge is 0.497 e. The van der Waals surface area contributed by atoms with E-state index in [1.807, 2.05) is 55.6 Å². The van der Waals surface area contributed by atoms with Crippen LogP contribution in [0.2, 0.25) is 0 Å². The van der Waals surface area contributed by atoms with Gasteiger partial charge >= 0.3 is 0 Å². The minimum Gasteiger partial charge on any atom is -0.497 e. The SMILES string of the molecule is COc1ccc(CCNC(=O)c2ccc(N(C)Cc3ccccc3)cn2)cc1. The van der Waals surface area contributed by atoms with Crippen LogP contribution in [0.3, 0.4) is 0 Å². The zero-order valence-electron chi connectivity index (χ0n) is 16.3. The van der Waals surface area contributed by atoms with Gasteiger partial charge in [0.2, 0.25) is 0 Å². The minimum atomic E-state index is -0.161. The number of hydrogen-bond acceptors (Lipinski definition) is 4. The van der Waals surface area contributed by atoms with Crippen molar-refractivity contribution in [2.24, 2.45) is 0 Å². The van der Waals surface area contributed by atoms with Gasteiger partial charge in [-0.1, -0.05) is 42.5 Å². The molecule has 5 nitrogen and oxygen atoms in total. The number of hydrogen-bond donors (Lipinski definition) is 1. The van der Waals surface area contributed by atoms with Gasteiger partial charge in [0.15, 0.2) is 0 Å². The van der Waals surface area contributed by atoms with E-state index in [0.717, 1.165) is 30.0 Å². The highest BCUT2D eigenvalue weighted by atomic mass is 16.5. The normalized spacial score (nSPS) is 10.4. The summed E-state index contributed by atoms with van der Waals surface area (Å²) in [5, 5.41) is 2.92. The molecule has 0 atom stereocenters. The van der Waals surface area contributed by atoms with E-state index in [9.17, 15) is 4.79 Å². The molecule has 0 saturated heterocycles. The second-order valence-corrected chi connectivity index (χ2v) is 6.60. The molecule has 0 aliphatic heterocycles. The van der Waals surface area contributed by atoms with Gasteiger partial charge in [0, 0.05) is 20.1 Å². The van der Waals surface area contributed by atoms with Crippen molar-refractivity contribution in [3.63, 3.8) is 0 Å².